The van der Waals surface area contributed by atoms with E-state index in [0.717, 1.165) is 23.9 Å². The van der Waals surface area contributed by atoms with Crippen molar-refractivity contribution in [3.8, 4) is 0 Å². The average molecular weight is 399 g/mol. The van der Waals surface area contributed by atoms with Crippen LogP contribution in [0.4, 0.5) is 0 Å². The molecule has 0 aliphatic rings. The molecule has 24 heavy (non-hydrogen) atoms. The highest BCUT2D eigenvalue weighted by molar-refractivity contribution is 9.10. The molecule has 5 nitrogen and oxygen atoms in total. The predicted molar refractivity (Wildman–Crippen MR) is 98.7 cm³/mol. The molecule has 6 heteroatoms. The Morgan fingerprint density at radius 2 is 1.92 bits per heavy atom. The van der Waals surface area contributed by atoms with Crippen molar-refractivity contribution < 1.29 is 14.3 Å². The van der Waals surface area contributed by atoms with Gasteiger partial charge in [0.05, 0.1) is 13.7 Å². The molecule has 0 aliphatic carbocycles. The van der Waals surface area contributed by atoms with Gasteiger partial charge in [0.1, 0.15) is 6.04 Å². The number of halogens is 1. The first-order valence-corrected chi connectivity index (χ1v) is 8.96. The van der Waals surface area contributed by atoms with E-state index in [2.05, 4.69) is 33.4 Å². The van der Waals surface area contributed by atoms with Crippen molar-refractivity contribution in [2.45, 2.75) is 32.7 Å². The fourth-order valence-electron chi connectivity index (χ4n) is 2.31. The lowest BCUT2D eigenvalue weighted by Gasteiger charge is -2.23. The van der Waals surface area contributed by atoms with E-state index >= 15 is 0 Å². The Bertz CT molecular complexity index is 534. The van der Waals surface area contributed by atoms with E-state index in [1.54, 1.807) is 0 Å². The van der Waals surface area contributed by atoms with Crippen molar-refractivity contribution >= 4 is 27.8 Å². The smallest absolute Gasteiger partial charge is 0.328 e. The molecule has 0 saturated carbocycles. The van der Waals surface area contributed by atoms with Gasteiger partial charge in [0.15, 0.2) is 0 Å². The number of nitrogens with one attached hydrogen (secondary N) is 1. The molecule has 0 radical (unpaired) electrons. The monoisotopic (exact) mass is 398 g/mol. The summed E-state index contributed by atoms with van der Waals surface area (Å²) in [6, 6.07) is 7.56. The van der Waals surface area contributed by atoms with Gasteiger partial charge < -0.3 is 10.1 Å². The molecule has 0 spiro atoms. The molecule has 1 rings (SSSR count). The number of hydrogen-bond acceptors (Lipinski definition) is 4. The van der Waals surface area contributed by atoms with Crippen LogP contribution in [0.15, 0.2) is 28.7 Å². The number of hydrogen-bond donors (Lipinski definition) is 1. The van der Waals surface area contributed by atoms with E-state index in [1.165, 1.54) is 12.7 Å². The fraction of sp³-hybridized carbons (Fsp3) is 0.556. The molecule has 1 amide bonds. The Balaban J connectivity index is 2.47. The second-order valence-electron chi connectivity index (χ2n) is 6.07. The third-order valence-electron chi connectivity index (χ3n) is 4.09. The maximum absolute atomic E-state index is 12.2. The zero-order chi connectivity index (χ0) is 18.1. The summed E-state index contributed by atoms with van der Waals surface area (Å²) < 4.78 is 5.84. The van der Waals surface area contributed by atoms with Gasteiger partial charge >= 0.3 is 5.97 Å². The van der Waals surface area contributed by atoms with Crippen LogP contribution in [-0.2, 0) is 20.7 Å². The number of likely N-dealkylation sites (N-methyl/N-ethyl adjacent to an activating group) is 1. The number of carbonyl (C=O) groups excluding carboxylic acids is 2. The quantitative estimate of drug-likeness (QED) is 0.649. The molecule has 134 valence electrons. The number of benzene rings is 1. The molecular formula is C18H27BrN2O3. The maximum atomic E-state index is 12.2. The van der Waals surface area contributed by atoms with Gasteiger partial charge in [0.2, 0.25) is 5.91 Å². The van der Waals surface area contributed by atoms with E-state index < -0.39 is 12.0 Å². The van der Waals surface area contributed by atoms with E-state index in [1.807, 2.05) is 37.9 Å². The molecule has 2 unspecified atom stereocenters. The lowest BCUT2D eigenvalue weighted by molar-refractivity contribution is -0.146. The van der Waals surface area contributed by atoms with Gasteiger partial charge in [-0.2, -0.15) is 0 Å². The molecule has 0 aliphatic heterocycles. The standard InChI is InChI=1S/C18H27BrN2O3/c1-5-13(2)17(18(23)24-4)20-16(22)12-21(3)11-10-14-6-8-15(19)9-7-14/h6-9,13,17H,5,10-12H2,1-4H3,(H,20,22). The molecular weight excluding hydrogens is 372 g/mol. The summed E-state index contributed by atoms with van der Waals surface area (Å²) in [4.78, 5) is 26.0. The van der Waals surface area contributed by atoms with E-state index in [0.29, 0.717) is 0 Å². The first-order chi connectivity index (χ1) is 11.4. The van der Waals surface area contributed by atoms with Gasteiger partial charge in [-0.25, -0.2) is 4.79 Å². The van der Waals surface area contributed by atoms with Crippen LogP contribution in [0.2, 0.25) is 0 Å². The third kappa shape index (κ3) is 7.01. The topological polar surface area (TPSA) is 58.6 Å². The van der Waals surface area contributed by atoms with Gasteiger partial charge in [-0.3, -0.25) is 9.69 Å². The van der Waals surface area contributed by atoms with Crippen LogP contribution in [0.3, 0.4) is 0 Å². The average Bonchev–Trinajstić information content (AvgIpc) is 2.57. The number of rotatable bonds is 9. The highest BCUT2D eigenvalue weighted by Gasteiger charge is 2.26. The van der Waals surface area contributed by atoms with E-state index in [-0.39, 0.29) is 18.4 Å². The summed E-state index contributed by atoms with van der Waals surface area (Å²) >= 11 is 3.41. The Kier molecular flexibility index (Phi) is 9.00. The van der Waals surface area contributed by atoms with Crippen molar-refractivity contribution in [1.29, 1.82) is 0 Å². The molecule has 1 N–H and O–H groups in total. The number of esters is 1. The molecule has 2 atom stereocenters. The zero-order valence-electron chi connectivity index (χ0n) is 14.8. The summed E-state index contributed by atoms with van der Waals surface area (Å²) in [5.41, 5.74) is 1.22. The van der Waals surface area contributed by atoms with Crippen molar-refractivity contribution in [3.05, 3.63) is 34.3 Å². The number of nitrogens with zero attached hydrogens (tertiary/aromatic N) is 1. The Morgan fingerprint density at radius 1 is 1.29 bits per heavy atom. The van der Waals surface area contributed by atoms with E-state index in [4.69, 9.17) is 4.74 Å². The van der Waals surface area contributed by atoms with Gasteiger partial charge in [-0.15, -0.1) is 0 Å². The number of carbonyl (C=O) groups is 2. The first kappa shape index (κ1) is 20.6. The van der Waals surface area contributed by atoms with Gasteiger partial charge in [0, 0.05) is 11.0 Å². The Hall–Kier alpha value is -1.40. The zero-order valence-corrected chi connectivity index (χ0v) is 16.4. The van der Waals surface area contributed by atoms with Crippen LogP contribution in [-0.4, -0.2) is 50.1 Å². The minimum Gasteiger partial charge on any atom is -0.467 e. The largest absolute Gasteiger partial charge is 0.467 e. The normalized spacial score (nSPS) is 13.4. The van der Waals surface area contributed by atoms with E-state index in [9.17, 15) is 9.59 Å². The first-order valence-electron chi connectivity index (χ1n) is 8.17. The van der Waals surface area contributed by atoms with Crippen molar-refractivity contribution in [2.24, 2.45) is 5.92 Å². The number of ether oxygens (including phenoxy) is 1. The van der Waals surface area contributed by atoms with Gasteiger partial charge in [0.25, 0.3) is 0 Å². The molecule has 0 aromatic heterocycles. The molecule has 0 bridgehead atoms. The Labute approximate surface area is 152 Å². The lowest BCUT2D eigenvalue weighted by atomic mass is 9.99. The highest BCUT2D eigenvalue weighted by Crippen LogP contribution is 2.11. The molecule has 0 heterocycles. The fourth-order valence-corrected chi connectivity index (χ4v) is 2.57. The second kappa shape index (κ2) is 10.5. The van der Waals surface area contributed by atoms with Gasteiger partial charge in [-0.1, -0.05) is 48.3 Å². The number of amides is 1. The Morgan fingerprint density at radius 3 is 2.46 bits per heavy atom. The van der Waals surface area contributed by atoms with Crippen molar-refractivity contribution in [3.63, 3.8) is 0 Å². The molecule has 0 saturated heterocycles. The SMILES string of the molecule is CCC(C)C(NC(=O)CN(C)CCc1ccc(Br)cc1)C(=O)OC. The summed E-state index contributed by atoms with van der Waals surface area (Å²) in [5, 5.41) is 2.79. The molecule has 1 aromatic carbocycles. The number of methoxy groups -OCH3 is 1. The van der Waals surface area contributed by atoms with Crippen LogP contribution < -0.4 is 5.32 Å². The third-order valence-corrected chi connectivity index (χ3v) is 4.62. The lowest BCUT2D eigenvalue weighted by Crippen LogP contribution is -2.48. The van der Waals surface area contributed by atoms with Crippen molar-refractivity contribution in [2.75, 3.05) is 27.2 Å². The summed E-state index contributed by atoms with van der Waals surface area (Å²) in [6.45, 7) is 4.93. The minimum absolute atomic E-state index is 0.0365. The molecule has 0 fully saturated rings. The maximum Gasteiger partial charge on any atom is 0.328 e. The summed E-state index contributed by atoms with van der Waals surface area (Å²) in [7, 11) is 3.24. The minimum atomic E-state index is -0.590. The van der Waals surface area contributed by atoms with Crippen LogP contribution >= 0.6 is 15.9 Å². The van der Waals surface area contributed by atoms with Gasteiger partial charge in [-0.05, 0) is 37.1 Å². The second-order valence-corrected chi connectivity index (χ2v) is 6.98. The predicted octanol–water partition coefficient (Wildman–Crippen LogP) is 2.63. The van der Waals surface area contributed by atoms with Crippen LogP contribution in [0.1, 0.15) is 25.8 Å². The summed E-state index contributed by atoms with van der Waals surface area (Å²) in [5.74, 6) is -0.520. The highest BCUT2D eigenvalue weighted by atomic mass is 79.9. The van der Waals surface area contributed by atoms with Crippen LogP contribution in [0, 0.1) is 5.92 Å². The summed E-state index contributed by atoms with van der Waals surface area (Å²) in [6.07, 6.45) is 1.66. The molecule has 1 aromatic rings. The van der Waals surface area contributed by atoms with Crippen LogP contribution in [0.25, 0.3) is 0 Å². The van der Waals surface area contributed by atoms with Crippen LogP contribution in [0.5, 0.6) is 0 Å². The van der Waals surface area contributed by atoms with Crippen molar-refractivity contribution in [1.82, 2.24) is 10.2 Å².